The van der Waals surface area contributed by atoms with Crippen LogP contribution in [0.1, 0.15) is 40.0 Å². The zero-order valence-corrected chi connectivity index (χ0v) is 13.3. The largest absolute Gasteiger partial charge is 0.369 e. The van der Waals surface area contributed by atoms with E-state index in [1.54, 1.807) is 0 Å². The van der Waals surface area contributed by atoms with Crippen molar-refractivity contribution >= 4 is 17.3 Å². The number of nitrogens with one attached hydrogen (secondary N) is 1. The summed E-state index contributed by atoms with van der Waals surface area (Å²) in [5, 5.41) is 3.39. The first-order valence-corrected chi connectivity index (χ1v) is 7.91. The van der Waals surface area contributed by atoms with E-state index in [4.69, 9.17) is 4.98 Å². The van der Waals surface area contributed by atoms with E-state index in [9.17, 15) is 0 Å². The highest BCUT2D eigenvalue weighted by molar-refractivity contribution is 5.67. The lowest BCUT2D eigenvalue weighted by Gasteiger charge is -2.37. The fraction of sp³-hybridized carbons (Fsp3) is 0.625. The third-order valence-electron chi connectivity index (χ3n) is 4.33. The van der Waals surface area contributed by atoms with Gasteiger partial charge in [0.2, 0.25) is 0 Å². The van der Waals surface area contributed by atoms with Crippen molar-refractivity contribution in [3.8, 4) is 0 Å². The van der Waals surface area contributed by atoms with E-state index in [-0.39, 0.29) is 0 Å². The molecule has 2 aromatic rings. The van der Waals surface area contributed by atoms with E-state index in [0.29, 0.717) is 5.41 Å². The molecule has 0 spiro atoms. The maximum absolute atomic E-state index is 4.81. The highest BCUT2D eigenvalue weighted by Gasteiger charge is 2.27. The van der Waals surface area contributed by atoms with Gasteiger partial charge in [-0.2, -0.15) is 0 Å². The number of imidazole rings is 1. The van der Waals surface area contributed by atoms with E-state index < -0.39 is 0 Å². The van der Waals surface area contributed by atoms with E-state index in [1.165, 1.54) is 12.8 Å². The minimum Gasteiger partial charge on any atom is -0.369 e. The lowest BCUT2D eigenvalue weighted by atomic mass is 9.83. The van der Waals surface area contributed by atoms with Gasteiger partial charge >= 0.3 is 0 Å². The van der Waals surface area contributed by atoms with E-state index in [1.807, 2.05) is 18.6 Å². The summed E-state index contributed by atoms with van der Waals surface area (Å²) in [4.78, 5) is 11.7. The first-order valence-electron chi connectivity index (χ1n) is 7.91. The van der Waals surface area contributed by atoms with Gasteiger partial charge in [0.25, 0.3) is 0 Å². The zero-order chi connectivity index (χ0) is 14.9. The standard InChI is InChI=1S/C16H25N5/c1-4-7-17-13-12-21-11-8-18-14(21)15(19-13)20-9-5-16(2,3)6-10-20/h8,11-12,17H,4-7,9-10H2,1-3H3. The van der Waals surface area contributed by atoms with Crippen LogP contribution in [0.3, 0.4) is 0 Å². The first-order chi connectivity index (χ1) is 10.1. The average molecular weight is 287 g/mol. The van der Waals surface area contributed by atoms with Gasteiger partial charge in [0.15, 0.2) is 11.5 Å². The molecule has 1 aliphatic heterocycles. The van der Waals surface area contributed by atoms with Crippen LogP contribution >= 0.6 is 0 Å². The number of hydrogen-bond acceptors (Lipinski definition) is 4. The predicted octanol–water partition coefficient (Wildman–Crippen LogP) is 3.18. The fourth-order valence-electron chi connectivity index (χ4n) is 2.79. The third kappa shape index (κ3) is 2.96. The van der Waals surface area contributed by atoms with Crippen LogP contribution in [0.5, 0.6) is 0 Å². The number of hydrogen-bond donors (Lipinski definition) is 1. The summed E-state index contributed by atoms with van der Waals surface area (Å²) in [5.74, 6) is 1.94. The van der Waals surface area contributed by atoms with Crippen molar-refractivity contribution in [3.05, 3.63) is 18.6 Å². The van der Waals surface area contributed by atoms with Crippen molar-refractivity contribution in [2.24, 2.45) is 5.41 Å². The molecule has 1 aliphatic rings. The molecule has 5 heteroatoms. The SMILES string of the molecule is CCCNc1cn2ccnc2c(N2CCC(C)(C)CC2)n1. The number of rotatable bonds is 4. The molecule has 3 heterocycles. The Labute approximate surface area is 126 Å². The normalized spacial score (nSPS) is 18.1. The summed E-state index contributed by atoms with van der Waals surface area (Å²) in [6.45, 7) is 9.92. The molecule has 1 N–H and O–H groups in total. The van der Waals surface area contributed by atoms with Crippen LogP contribution in [0.4, 0.5) is 11.6 Å². The fourth-order valence-corrected chi connectivity index (χ4v) is 2.79. The molecule has 0 radical (unpaired) electrons. The molecular weight excluding hydrogens is 262 g/mol. The average Bonchev–Trinajstić information content (AvgIpc) is 2.92. The van der Waals surface area contributed by atoms with Gasteiger partial charge in [-0.1, -0.05) is 20.8 Å². The van der Waals surface area contributed by atoms with Crippen molar-refractivity contribution in [3.63, 3.8) is 0 Å². The van der Waals surface area contributed by atoms with Crippen LogP contribution in [-0.2, 0) is 0 Å². The molecule has 0 amide bonds. The number of nitrogens with zero attached hydrogens (tertiary/aromatic N) is 4. The van der Waals surface area contributed by atoms with Crippen molar-refractivity contribution in [2.75, 3.05) is 29.9 Å². The second-order valence-electron chi connectivity index (χ2n) is 6.69. The molecule has 21 heavy (non-hydrogen) atoms. The smallest absolute Gasteiger partial charge is 0.180 e. The number of piperidine rings is 1. The van der Waals surface area contributed by atoms with Crippen molar-refractivity contribution in [1.82, 2.24) is 14.4 Å². The van der Waals surface area contributed by atoms with Crippen LogP contribution < -0.4 is 10.2 Å². The second kappa shape index (κ2) is 5.54. The molecular formula is C16H25N5. The Balaban J connectivity index is 1.91. The van der Waals surface area contributed by atoms with Gasteiger partial charge in [-0.25, -0.2) is 9.97 Å². The van der Waals surface area contributed by atoms with E-state index >= 15 is 0 Å². The Morgan fingerprint density at radius 2 is 2.05 bits per heavy atom. The molecule has 0 atom stereocenters. The second-order valence-corrected chi connectivity index (χ2v) is 6.69. The molecule has 1 fully saturated rings. The van der Waals surface area contributed by atoms with Crippen LogP contribution in [0, 0.1) is 5.41 Å². The number of fused-ring (bicyclic) bond motifs is 1. The van der Waals surface area contributed by atoms with Crippen LogP contribution in [0.25, 0.3) is 5.65 Å². The first kappa shape index (κ1) is 14.2. The third-order valence-corrected chi connectivity index (χ3v) is 4.33. The Hall–Kier alpha value is -1.78. The summed E-state index contributed by atoms with van der Waals surface area (Å²) < 4.78 is 2.07. The monoisotopic (exact) mass is 287 g/mol. The van der Waals surface area contributed by atoms with E-state index in [2.05, 4.69) is 40.4 Å². The van der Waals surface area contributed by atoms with Gasteiger partial charge in [0.1, 0.15) is 5.82 Å². The quantitative estimate of drug-likeness (QED) is 0.938. The molecule has 0 unspecified atom stereocenters. The van der Waals surface area contributed by atoms with Gasteiger partial charge in [0.05, 0.1) is 6.20 Å². The van der Waals surface area contributed by atoms with Gasteiger partial charge in [-0.3, -0.25) is 0 Å². The predicted molar refractivity (Wildman–Crippen MR) is 87.0 cm³/mol. The molecule has 3 rings (SSSR count). The lowest BCUT2D eigenvalue weighted by Crippen LogP contribution is -2.38. The Morgan fingerprint density at radius 3 is 2.76 bits per heavy atom. The minimum absolute atomic E-state index is 0.445. The summed E-state index contributed by atoms with van der Waals surface area (Å²) in [7, 11) is 0. The highest BCUT2D eigenvalue weighted by atomic mass is 15.2. The minimum atomic E-state index is 0.445. The van der Waals surface area contributed by atoms with Crippen LogP contribution in [-0.4, -0.2) is 34.0 Å². The van der Waals surface area contributed by atoms with Crippen molar-refractivity contribution in [1.29, 1.82) is 0 Å². The summed E-state index contributed by atoms with van der Waals surface area (Å²) in [5.41, 5.74) is 1.40. The summed E-state index contributed by atoms with van der Waals surface area (Å²) in [6, 6.07) is 0. The van der Waals surface area contributed by atoms with Crippen LogP contribution in [0.15, 0.2) is 18.6 Å². The number of aromatic nitrogens is 3. The number of anilines is 2. The molecule has 5 nitrogen and oxygen atoms in total. The molecule has 114 valence electrons. The highest BCUT2D eigenvalue weighted by Crippen LogP contribution is 2.33. The molecule has 2 aromatic heterocycles. The van der Waals surface area contributed by atoms with Gasteiger partial charge in [-0.05, 0) is 24.7 Å². The van der Waals surface area contributed by atoms with Gasteiger partial charge in [0, 0.05) is 32.0 Å². The summed E-state index contributed by atoms with van der Waals surface area (Å²) >= 11 is 0. The van der Waals surface area contributed by atoms with Crippen LogP contribution in [0.2, 0.25) is 0 Å². The maximum Gasteiger partial charge on any atom is 0.180 e. The Morgan fingerprint density at radius 1 is 1.29 bits per heavy atom. The lowest BCUT2D eigenvalue weighted by molar-refractivity contribution is 0.279. The topological polar surface area (TPSA) is 45.5 Å². The van der Waals surface area contributed by atoms with Crippen molar-refractivity contribution in [2.45, 2.75) is 40.0 Å². The van der Waals surface area contributed by atoms with Gasteiger partial charge < -0.3 is 14.6 Å². The Bertz CT molecular complexity index is 606. The van der Waals surface area contributed by atoms with Gasteiger partial charge in [-0.15, -0.1) is 0 Å². The summed E-state index contributed by atoms with van der Waals surface area (Å²) in [6.07, 6.45) is 9.36. The molecule has 0 aromatic carbocycles. The Kier molecular flexibility index (Phi) is 3.74. The molecule has 0 saturated carbocycles. The molecule has 0 aliphatic carbocycles. The zero-order valence-electron chi connectivity index (χ0n) is 13.3. The van der Waals surface area contributed by atoms with E-state index in [0.717, 1.165) is 43.3 Å². The molecule has 0 bridgehead atoms. The van der Waals surface area contributed by atoms with Crippen molar-refractivity contribution < 1.29 is 0 Å². The molecule has 1 saturated heterocycles. The maximum atomic E-state index is 4.81.